The summed E-state index contributed by atoms with van der Waals surface area (Å²) in [6, 6.07) is 9.68. The number of benzene rings is 1. The van der Waals surface area contributed by atoms with Crippen LogP contribution >= 0.6 is 11.3 Å². The molecule has 126 valence electrons. The summed E-state index contributed by atoms with van der Waals surface area (Å²) >= 11 is 1.36. The molecule has 3 amide bonds. The Bertz CT molecular complexity index is 718. The molecule has 1 aromatic carbocycles. The van der Waals surface area contributed by atoms with Crippen molar-refractivity contribution in [3.8, 4) is 0 Å². The van der Waals surface area contributed by atoms with E-state index in [1.165, 1.54) is 11.3 Å². The Morgan fingerprint density at radius 2 is 2.17 bits per heavy atom. The minimum absolute atomic E-state index is 0.0294. The molecule has 1 aliphatic rings. The van der Waals surface area contributed by atoms with E-state index < -0.39 is 0 Å². The maximum atomic E-state index is 12.4. The first-order chi connectivity index (χ1) is 11.6. The lowest BCUT2D eigenvalue weighted by atomic mass is 10.2. The van der Waals surface area contributed by atoms with E-state index in [0.29, 0.717) is 31.1 Å². The minimum Gasteiger partial charge on any atom is -0.354 e. The monoisotopic (exact) mass is 345 g/mol. The van der Waals surface area contributed by atoms with E-state index in [4.69, 9.17) is 0 Å². The highest BCUT2D eigenvalue weighted by Crippen LogP contribution is 2.19. The first-order valence-electron chi connectivity index (χ1n) is 7.82. The predicted molar refractivity (Wildman–Crippen MR) is 92.0 cm³/mol. The fourth-order valence-electron chi connectivity index (χ4n) is 2.51. The maximum absolute atomic E-state index is 12.4. The SMILES string of the molecule is CC1CNC(=O)CCN1C(=O)Nc1nnc(Cc2ccccc2)s1. The Labute approximate surface area is 144 Å². The number of anilines is 1. The third kappa shape index (κ3) is 4.08. The first kappa shape index (κ1) is 16.4. The molecule has 7 nitrogen and oxygen atoms in total. The second-order valence-electron chi connectivity index (χ2n) is 5.69. The molecule has 0 bridgehead atoms. The highest BCUT2D eigenvalue weighted by Gasteiger charge is 2.25. The molecule has 1 aromatic heterocycles. The van der Waals surface area contributed by atoms with Gasteiger partial charge in [0.05, 0.1) is 0 Å². The average molecular weight is 345 g/mol. The molecule has 24 heavy (non-hydrogen) atoms. The summed E-state index contributed by atoms with van der Waals surface area (Å²) in [5.41, 5.74) is 1.15. The van der Waals surface area contributed by atoms with Crippen molar-refractivity contribution in [2.75, 3.05) is 18.4 Å². The van der Waals surface area contributed by atoms with Crippen LogP contribution in [0.5, 0.6) is 0 Å². The van der Waals surface area contributed by atoms with Gasteiger partial charge in [0.25, 0.3) is 0 Å². The molecular weight excluding hydrogens is 326 g/mol. The van der Waals surface area contributed by atoms with Gasteiger partial charge in [0.1, 0.15) is 5.01 Å². The van der Waals surface area contributed by atoms with E-state index >= 15 is 0 Å². The third-order valence-corrected chi connectivity index (χ3v) is 4.68. The molecule has 2 heterocycles. The van der Waals surface area contributed by atoms with Gasteiger partial charge in [-0.05, 0) is 12.5 Å². The number of carbonyl (C=O) groups is 2. The quantitative estimate of drug-likeness (QED) is 0.889. The zero-order valence-electron chi connectivity index (χ0n) is 13.4. The third-order valence-electron chi connectivity index (χ3n) is 3.85. The van der Waals surface area contributed by atoms with Gasteiger partial charge in [-0.1, -0.05) is 41.7 Å². The fraction of sp³-hybridized carbons (Fsp3) is 0.375. The van der Waals surface area contributed by atoms with Crippen molar-refractivity contribution >= 4 is 28.4 Å². The lowest BCUT2D eigenvalue weighted by Crippen LogP contribution is -2.44. The topological polar surface area (TPSA) is 87.2 Å². The van der Waals surface area contributed by atoms with Crippen LogP contribution in [0.1, 0.15) is 23.9 Å². The van der Waals surface area contributed by atoms with E-state index in [-0.39, 0.29) is 18.0 Å². The smallest absolute Gasteiger partial charge is 0.324 e. The molecule has 1 aliphatic heterocycles. The fourth-order valence-corrected chi connectivity index (χ4v) is 3.28. The molecule has 0 saturated carbocycles. The van der Waals surface area contributed by atoms with Gasteiger partial charge in [-0.2, -0.15) is 0 Å². The molecule has 0 radical (unpaired) electrons. The second kappa shape index (κ2) is 7.39. The number of nitrogens with zero attached hydrogens (tertiary/aromatic N) is 3. The molecule has 1 saturated heterocycles. The molecule has 2 aromatic rings. The summed E-state index contributed by atoms with van der Waals surface area (Å²) in [5.74, 6) is -0.0294. The largest absolute Gasteiger partial charge is 0.354 e. The van der Waals surface area contributed by atoms with Crippen molar-refractivity contribution in [2.45, 2.75) is 25.8 Å². The van der Waals surface area contributed by atoms with E-state index in [0.717, 1.165) is 10.6 Å². The molecule has 3 rings (SSSR count). The Morgan fingerprint density at radius 1 is 1.38 bits per heavy atom. The van der Waals surface area contributed by atoms with Crippen molar-refractivity contribution in [3.05, 3.63) is 40.9 Å². The van der Waals surface area contributed by atoms with Crippen molar-refractivity contribution < 1.29 is 9.59 Å². The second-order valence-corrected chi connectivity index (χ2v) is 6.75. The van der Waals surface area contributed by atoms with Crippen molar-refractivity contribution in [3.63, 3.8) is 0 Å². The average Bonchev–Trinajstić information content (AvgIpc) is 2.93. The summed E-state index contributed by atoms with van der Waals surface area (Å²) in [5, 5.41) is 15.1. The van der Waals surface area contributed by atoms with Gasteiger partial charge in [0, 0.05) is 32.0 Å². The van der Waals surface area contributed by atoms with Gasteiger partial charge >= 0.3 is 6.03 Å². The molecule has 1 fully saturated rings. The van der Waals surface area contributed by atoms with Crippen molar-refractivity contribution in [1.82, 2.24) is 20.4 Å². The highest BCUT2D eigenvalue weighted by atomic mass is 32.1. The number of carbonyl (C=O) groups excluding carboxylic acids is 2. The number of hydrogen-bond acceptors (Lipinski definition) is 5. The zero-order valence-corrected chi connectivity index (χ0v) is 14.2. The van der Waals surface area contributed by atoms with E-state index in [9.17, 15) is 9.59 Å². The van der Waals surface area contributed by atoms with E-state index in [1.807, 2.05) is 37.3 Å². The normalized spacial score (nSPS) is 18.0. The Morgan fingerprint density at radius 3 is 2.96 bits per heavy atom. The summed E-state index contributed by atoms with van der Waals surface area (Å²) in [6.45, 7) is 2.77. The maximum Gasteiger partial charge on any atom is 0.324 e. The van der Waals surface area contributed by atoms with Crippen LogP contribution in [0.2, 0.25) is 0 Å². The Kier molecular flexibility index (Phi) is 5.05. The van der Waals surface area contributed by atoms with Crippen LogP contribution < -0.4 is 10.6 Å². The molecule has 0 aliphatic carbocycles. The predicted octanol–water partition coefficient (Wildman–Crippen LogP) is 1.87. The molecule has 1 atom stereocenters. The van der Waals surface area contributed by atoms with Gasteiger partial charge in [0.15, 0.2) is 0 Å². The number of hydrogen-bond donors (Lipinski definition) is 2. The zero-order chi connectivity index (χ0) is 16.9. The van der Waals surface area contributed by atoms with E-state index in [2.05, 4.69) is 20.8 Å². The number of urea groups is 1. The first-order valence-corrected chi connectivity index (χ1v) is 8.64. The van der Waals surface area contributed by atoms with Crippen LogP contribution in [0.25, 0.3) is 0 Å². The standard InChI is InChI=1S/C16H19N5O2S/c1-11-10-17-13(22)7-8-21(11)16(23)18-15-20-19-14(24-15)9-12-5-3-2-4-6-12/h2-6,11H,7-10H2,1H3,(H,17,22)(H,18,20,23). The van der Waals surface area contributed by atoms with Crippen molar-refractivity contribution in [1.29, 1.82) is 0 Å². The molecule has 1 unspecified atom stereocenters. The van der Waals surface area contributed by atoms with Gasteiger partial charge in [0.2, 0.25) is 11.0 Å². The summed E-state index contributed by atoms with van der Waals surface area (Å²) in [7, 11) is 0. The summed E-state index contributed by atoms with van der Waals surface area (Å²) in [4.78, 5) is 25.5. The summed E-state index contributed by atoms with van der Waals surface area (Å²) in [6.07, 6.45) is 1.00. The van der Waals surface area contributed by atoms with Crippen LogP contribution in [0.15, 0.2) is 30.3 Å². The number of amides is 3. The van der Waals surface area contributed by atoms with Gasteiger partial charge < -0.3 is 10.2 Å². The highest BCUT2D eigenvalue weighted by molar-refractivity contribution is 7.15. The Balaban J connectivity index is 1.61. The summed E-state index contributed by atoms with van der Waals surface area (Å²) < 4.78 is 0. The number of aromatic nitrogens is 2. The lowest BCUT2D eigenvalue weighted by Gasteiger charge is -2.25. The van der Waals surface area contributed by atoms with Crippen LogP contribution in [0.4, 0.5) is 9.93 Å². The Hall–Kier alpha value is -2.48. The minimum atomic E-state index is -0.249. The van der Waals surface area contributed by atoms with Crippen LogP contribution in [-0.4, -0.2) is 46.2 Å². The van der Waals surface area contributed by atoms with E-state index in [1.54, 1.807) is 4.90 Å². The van der Waals surface area contributed by atoms with Gasteiger partial charge in [-0.25, -0.2) is 4.79 Å². The molecule has 8 heteroatoms. The van der Waals surface area contributed by atoms with Crippen LogP contribution in [0.3, 0.4) is 0 Å². The van der Waals surface area contributed by atoms with Gasteiger partial charge in [-0.15, -0.1) is 10.2 Å². The number of nitrogens with one attached hydrogen (secondary N) is 2. The molecular formula is C16H19N5O2S. The lowest BCUT2D eigenvalue weighted by molar-refractivity contribution is -0.120. The molecule has 2 N–H and O–H groups in total. The van der Waals surface area contributed by atoms with Gasteiger partial charge in [-0.3, -0.25) is 10.1 Å². The molecule has 0 spiro atoms. The van der Waals surface area contributed by atoms with Crippen LogP contribution in [-0.2, 0) is 11.2 Å². The van der Waals surface area contributed by atoms with Crippen molar-refractivity contribution in [2.24, 2.45) is 0 Å². The van der Waals surface area contributed by atoms with Crippen LogP contribution in [0, 0.1) is 0 Å². The number of rotatable bonds is 3.